The fourth-order valence-electron chi connectivity index (χ4n) is 5.09. The zero-order valence-corrected chi connectivity index (χ0v) is 18.7. The summed E-state index contributed by atoms with van der Waals surface area (Å²) < 4.78 is 29.6. The zero-order chi connectivity index (χ0) is 23.7. The molecule has 9 heteroatoms. The predicted molar refractivity (Wildman–Crippen MR) is 115 cm³/mol. The van der Waals surface area contributed by atoms with Crippen LogP contribution in [0.15, 0.2) is 24.3 Å². The van der Waals surface area contributed by atoms with E-state index in [1.165, 1.54) is 6.07 Å². The van der Waals surface area contributed by atoms with Gasteiger partial charge in [0.05, 0.1) is 12.0 Å². The minimum atomic E-state index is -2.84. The molecule has 3 N–H and O–H groups in total. The van der Waals surface area contributed by atoms with E-state index in [1.807, 2.05) is 6.07 Å². The van der Waals surface area contributed by atoms with Crippen molar-refractivity contribution in [1.29, 1.82) is 0 Å². The number of carbonyl (C=O) groups is 2. The molecule has 7 nitrogen and oxygen atoms in total. The number of ether oxygens (including phenoxy) is 1. The van der Waals surface area contributed by atoms with Gasteiger partial charge in [-0.1, -0.05) is 26.0 Å². The van der Waals surface area contributed by atoms with Crippen LogP contribution < -0.4 is 10.1 Å². The van der Waals surface area contributed by atoms with E-state index in [0.717, 1.165) is 37.7 Å². The van der Waals surface area contributed by atoms with Gasteiger partial charge in [0.1, 0.15) is 5.75 Å². The molecule has 0 spiro atoms. The highest BCUT2D eigenvalue weighted by Crippen LogP contribution is 2.53. The summed E-state index contributed by atoms with van der Waals surface area (Å²) in [6.07, 6.45) is 4.63. The number of alkyl halides is 2. The average molecular weight is 457 g/mol. The second-order valence-corrected chi connectivity index (χ2v) is 8.82. The molecule has 2 saturated heterocycles. The Morgan fingerprint density at radius 1 is 1.38 bits per heavy atom. The summed E-state index contributed by atoms with van der Waals surface area (Å²) in [5.41, 5.74) is 0.467. The minimum absolute atomic E-state index is 0.0409. The largest absolute Gasteiger partial charge is 0.483 e. The summed E-state index contributed by atoms with van der Waals surface area (Å²) in [6.45, 7) is 2.06. The molecule has 0 aromatic heterocycles. The van der Waals surface area contributed by atoms with Gasteiger partial charge in [0.15, 0.2) is 0 Å². The second kappa shape index (κ2) is 12.1. The zero-order valence-electron chi connectivity index (χ0n) is 18.7. The molecular formula is C23H34F2N2O5. The molecule has 1 amide bonds. The number of aliphatic hydroxyl groups excluding tert-OH is 1. The van der Waals surface area contributed by atoms with E-state index in [4.69, 9.17) is 15.0 Å². The number of fused-ring (bicyclic) bond motifs is 2. The molecule has 1 aromatic carbocycles. The maximum atomic E-state index is 13.1. The molecule has 1 aromatic rings. The smallest absolute Gasteiger partial charge is 0.387 e. The van der Waals surface area contributed by atoms with Gasteiger partial charge in [0, 0.05) is 25.2 Å². The molecule has 2 aliphatic rings. The van der Waals surface area contributed by atoms with Crippen molar-refractivity contribution in [1.82, 2.24) is 10.2 Å². The number of rotatable bonds is 10. The van der Waals surface area contributed by atoms with Crippen molar-refractivity contribution in [2.45, 2.75) is 71.2 Å². The molecule has 3 atom stereocenters. The van der Waals surface area contributed by atoms with E-state index in [1.54, 1.807) is 12.1 Å². The molecule has 2 fully saturated rings. The number of aliphatic hydroxyl groups is 1. The number of nitrogens with one attached hydrogen (secondary N) is 1. The lowest BCUT2D eigenvalue weighted by Crippen LogP contribution is -2.49. The van der Waals surface area contributed by atoms with Gasteiger partial charge in [0.25, 0.3) is 6.47 Å². The molecule has 0 unspecified atom stereocenters. The Balaban J connectivity index is 0.00000114. The highest BCUT2D eigenvalue weighted by atomic mass is 19.3. The third-order valence-corrected chi connectivity index (χ3v) is 6.39. The summed E-state index contributed by atoms with van der Waals surface area (Å²) in [7, 11) is 0. The van der Waals surface area contributed by atoms with E-state index in [2.05, 4.69) is 28.8 Å². The first-order valence-corrected chi connectivity index (χ1v) is 11.0. The van der Waals surface area contributed by atoms with Crippen LogP contribution in [-0.4, -0.2) is 59.3 Å². The van der Waals surface area contributed by atoms with Crippen LogP contribution in [0.5, 0.6) is 5.75 Å². The molecule has 0 radical (unpaired) electrons. The van der Waals surface area contributed by atoms with Crippen LogP contribution in [0, 0.1) is 11.3 Å². The van der Waals surface area contributed by atoms with Crippen LogP contribution in [0.3, 0.4) is 0 Å². The number of carbonyl (C=O) groups excluding carboxylic acids is 1. The number of halogens is 2. The summed E-state index contributed by atoms with van der Waals surface area (Å²) in [5, 5.41) is 18.9. The molecule has 32 heavy (non-hydrogen) atoms. The fourth-order valence-corrected chi connectivity index (χ4v) is 5.09. The van der Waals surface area contributed by atoms with Crippen LogP contribution in [0.25, 0.3) is 0 Å². The SMILES string of the molecule is CC(C)CC[C@]1(C(=O)NCCO)C[C@H]2CC[C@@H]1N2Cc1cccc(OC(F)F)c1.O=CO. The first kappa shape index (κ1) is 26.0. The van der Waals surface area contributed by atoms with Crippen LogP contribution in [0.4, 0.5) is 8.78 Å². The van der Waals surface area contributed by atoms with Crippen LogP contribution in [-0.2, 0) is 16.1 Å². The molecule has 0 aliphatic carbocycles. The Morgan fingerprint density at radius 2 is 2.09 bits per heavy atom. The van der Waals surface area contributed by atoms with Gasteiger partial charge in [-0.25, -0.2) is 0 Å². The first-order chi connectivity index (χ1) is 15.3. The standard InChI is InChI=1S/C22H32F2N2O3.CH2O2/c1-15(2)8-9-22(20(28)25-10-11-27)13-17-6-7-19(22)26(17)14-16-4-3-5-18(12-16)29-21(23)24;2-1-3/h3-5,12,15,17,19,21,27H,6-11,13-14H2,1-2H3,(H,25,28);1H,(H,2,3)/t17-,19+,22+;/m1./s1. The monoisotopic (exact) mass is 456 g/mol. The Morgan fingerprint density at radius 3 is 2.72 bits per heavy atom. The Bertz CT molecular complexity index is 749. The summed E-state index contributed by atoms with van der Waals surface area (Å²) in [6, 6.07) is 7.27. The van der Waals surface area contributed by atoms with E-state index >= 15 is 0 Å². The summed E-state index contributed by atoms with van der Waals surface area (Å²) in [5.74, 6) is 0.711. The van der Waals surface area contributed by atoms with E-state index in [9.17, 15) is 13.6 Å². The highest BCUT2D eigenvalue weighted by molar-refractivity contribution is 5.84. The lowest BCUT2D eigenvalue weighted by Gasteiger charge is -2.37. The number of benzene rings is 1. The molecule has 0 saturated carbocycles. The Kier molecular flexibility index (Phi) is 9.84. The molecule has 2 aliphatic heterocycles. The number of amides is 1. The number of hydrogen-bond acceptors (Lipinski definition) is 5. The summed E-state index contributed by atoms with van der Waals surface area (Å²) >= 11 is 0. The average Bonchev–Trinajstić information content (AvgIpc) is 3.26. The van der Waals surface area contributed by atoms with Crippen molar-refractivity contribution >= 4 is 12.4 Å². The van der Waals surface area contributed by atoms with Crippen molar-refractivity contribution in [2.75, 3.05) is 13.2 Å². The van der Waals surface area contributed by atoms with Crippen molar-refractivity contribution < 1.29 is 33.3 Å². The van der Waals surface area contributed by atoms with Gasteiger partial charge in [0.2, 0.25) is 5.91 Å². The van der Waals surface area contributed by atoms with Crippen molar-refractivity contribution in [3.8, 4) is 5.75 Å². The van der Waals surface area contributed by atoms with Gasteiger partial charge in [-0.2, -0.15) is 8.78 Å². The third kappa shape index (κ3) is 6.38. The van der Waals surface area contributed by atoms with E-state index in [0.29, 0.717) is 18.5 Å². The fraction of sp³-hybridized carbons (Fsp3) is 0.652. The lowest BCUT2D eigenvalue weighted by atomic mass is 9.69. The van der Waals surface area contributed by atoms with Gasteiger partial charge in [-0.3, -0.25) is 14.5 Å². The quantitative estimate of drug-likeness (QED) is 0.468. The molecular weight excluding hydrogens is 422 g/mol. The normalized spacial score (nSPS) is 24.3. The topological polar surface area (TPSA) is 99.1 Å². The Labute approximate surface area is 187 Å². The number of hydrogen-bond donors (Lipinski definition) is 3. The molecule has 2 heterocycles. The summed E-state index contributed by atoms with van der Waals surface area (Å²) in [4.78, 5) is 23.9. The van der Waals surface area contributed by atoms with E-state index < -0.39 is 12.0 Å². The first-order valence-electron chi connectivity index (χ1n) is 11.0. The van der Waals surface area contributed by atoms with Gasteiger partial charge >= 0.3 is 6.61 Å². The van der Waals surface area contributed by atoms with Gasteiger partial charge in [-0.05, 0) is 55.7 Å². The second-order valence-electron chi connectivity index (χ2n) is 8.82. The maximum Gasteiger partial charge on any atom is 0.387 e. The van der Waals surface area contributed by atoms with Crippen LogP contribution in [0.1, 0.15) is 51.5 Å². The van der Waals surface area contributed by atoms with Crippen molar-refractivity contribution in [3.63, 3.8) is 0 Å². The highest BCUT2D eigenvalue weighted by Gasteiger charge is 2.58. The molecule has 3 rings (SSSR count). The van der Waals surface area contributed by atoms with Crippen molar-refractivity contribution in [3.05, 3.63) is 29.8 Å². The van der Waals surface area contributed by atoms with Crippen LogP contribution >= 0.6 is 0 Å². The van der Waals surface area contributed by atoms with E-state index in [-0.39, 0.29) is 37.3 Å². The lowest BCUT2D eigenvalue weighted by molar-refractivity contribution is -0.134. The minimum Gasteiger partial charge on any atom is -0.483 e. The van der Waals surface area contributed by atoms with Gasteiger partial charge in [-0.15, -0.1) is 0 Å². The maximum absolute atomic E-state index is 13.1. The van der Waals surface area contributed by atoms with Crippen LogP contribution in [0.2, 0.25) is 0 Å². The number of nitrogens with zero attached hydrogens (tertiary/aromatic N) is 1. The predicted octanol–water partition coefficient (Wildman–Crippen LogP) is 3.26. The number of carboxylic acid groups (broad SMARTS) is 1. The third-order valence-electron chi connectivity index (χ3n) is 6.39. The molecule has 180 valence electrons. The van der Waals surface area contributed by atoms with Gasteiger partial charge < -0.3 is 20.3 Å². The molecule has 2 bridgehead atoms. The Hall–Kier alpha value is -2.26. The van der Waals surface area contributed by atoms with Crippen molar-refractivity contribution in [2.24, 2.45) is 11.3 Å².